The SMILES string of the molecule is Cc1c(F)cccc1[C@@H]1[C@@H](C(=O)c2cccc(O)c2)CN(CCCCN(C)C)C[C@H]1C(=O)N1[C@H](C)CC[C@@H]1C. The van der Waals surface area contributed by atoms with Crippen LogP contribution in [-0.4, -0.2) is 83.9 Å². The number of carbonyl (C=O) groups is 2. The molecule has 1 amide bonds. The second-order valence-corrected chi connectivity index (χ2v) is 11.9. The molecule has 0 aromatic heterocycles. The zero-order valence-corrected chi connectivity index (χ0v) is 24.1. The summed E-state index contributed by atoms with van der Waals surface area (Å²) in [6.07, 6.45) is 3.92. The van der Waals surface area contributed by atoms with Gasteiger partial charge in [0, 0.05) is 42.6 Å². The van der Waals surface area contributed by atoms with Crippen LogP contribution in [0.2, 0.25) is 0 Å². The van der Waals surface area contributed by atoms with Gasteiger partial charge in [-0.05, 0) is 103 Å². The van der Waals surface area contributed by atoms with Gasteiger partial charge in [0.25, 0.3) is 0 Å². The Labute approximate surface area is 232 Å². The number of Topliss-reactive ketones (excluding diaryl/α,β-unsaturated/α-hetero) is 1. The maximum atomic E-state index is 14.9. The van der Waals surface area contributed by atoms with Crippen molar-refractivity contribution in [2.24, 2.45) is 11.8 Å². The average molecular weight is 538 g/mol. The molecular weight excluding hydrogens is 493 g/mol. The zero-order valence-electron chi connectivity index (χ0n) is 24.1. The van der Waals surface area contributed by atoms with Crippen molar-refractivity contribution < 1.29 is 19.1 Å². The molecule has 0 spiro atoms. The number of nitrogens with zero attached hydrogens (tertiary/aromatic N) is 3. The zero-order chi connectivity index (χ0) is 28.3. The summed E-state index contributed by atoms with van der Waals surface area (Å²) in [5.41, 5.74) is 1.65. The fraction of sp³-hybridized carbons (Fsp3) is 0.562. The van der Waals surface area contributed by atoms with Crippen molar-refractivity contribution in [3.63, 3.8) is 0 Å². The van der Waals surface area contributed by atoms with E-state index in [1.165, 1.54) is 12.1 Å². The molecule has 0 unspecified atom stereocenters. The Kier molecular flexibility index (Phi) is 9.44. The summed E-state index contributed by atoms with van der Waals surface area (Å²) in [6.45, 7) is 8.75. The summed E-state index contributed by atoms with van der Waals surface area (Å²) in [5.74, 6) is -1.81. The second kappa shape index (κ2) is 12.6. The van der Waals surface area contributed by atoms with Crippen molar-refractivity contribution in [2.75, 3.05) is 40.3 Å². The number of hydrogen-bond acceptors (Lipinski definition) is 5. The number of carbonyl (C=O) groups excluding carboxylic acids is 2. The van der Waals surface area contributed by atoms with Crippen LogP contribution in [0.1, 0.15) is 66.9 Å². The van der Waals surface area contributed by atoms with Gasteiger partial charge in [-0.25, -0.2) is 4.39 Å². The number of amides is 1. The molecule has 5 atom stereocenters. The molecule has 7 heteroatoms. The van der Waals surface area contributed by atoms with Crippen LogP contribution in [0.5, 0.6) is 5.75 Å². The van der Waals surface area contributed by atoms with Crippen LogP contribution in [0.3, 0.4) is 0 Å². The van der Waals surface area contributed by atoms with E-state index in [1.54, 1.807) is 31.2 Å². The maximum absolute atomic E-state index is 14.9. The smallest absolute Gasteiger partial charge is 0.228 e. The van der Waals surface area contributed by atoms with Gasteiger partial charge in [0.2, 0.25) is 5.91 Å². The van der Waals surface area contributed by atoms with Gasteiger partial charge >= 0.3 is 0 Å². The number of halogens is 1. The summed E-state index contributed by atoms with van der Waals surface area (Å²) in [5, 5.41) is 10.1. The van der Waals surface area contributed by atoms with Gasteiger partial charge in [-0.15, -0.1) is 0 Å². The van der Waals surface area contributed by atoms with Crippen LogP contribution in [0.25, 0.3) is 0 Å². The van der Waals surface area contributed by atoms with Crippen molar-refractivity contribution in [2.45, 2.75) is 64.5 Å². The normalized spacial score (nSPS) is 25.8. The summed E-state index contributed by atoms with van der Waals surface area (Å²) < 4.78 is 14.9. The highest BCUT2D eigenvalue weighted by molar-refractivity contribution is 5.99. The average Bonchev–Trinajstić information content (AvgIpc) is 3.24. The molecule has 2 aromatic rings. The highest BCUT2D eigenvalue weighted by Gasteiger charge is 2.48. The Bertz CT molecular complexity index is 1160. The predicted molar refractivity (Wildman–Crippen MR) is 153 cm³/mol. The monoisotopic (exact) mass is 537 g/mol. The molecule has 2 aliphatic heterocycles. The number of piperidine rings is 1. The number of unbranched alkanes of at least 4 members (excludes halogenated alkanes) is 1. The minimum Gasteiger partial charge on any atom is -0.508 e. The quantitative estimate of drug-likeness (QED) is 0.356. The summed E-state index contributed by atoms with van der Waals surface area (Å²) in [6, 6.07) is 11.7. The molecule has 0 bridgehead atoms. The third-order valence-corrected chi connectivity index (χ3v) is 8.77. The van der Waals surface area contributed by atoms with Gasteiger partial charge in [0.15, 0.2) is 5.78 Å². The van der Waals surface area contributed by atoms with Crippen molar-refractivity contribution in [3.8, 4) is 5.75 Å². The van der Waals surface area contributed by atoms with E-state index in [2.05, 4.69) is 37.7 Å². The molecule has 212 valence electrons. The molecule has 2 saturated heterocycles. The molecule has 0 aliphatic carbocycles. The van der Waals surface area contributed by atoms with Gasteiger partial charge in [-0.3, -0.25) is 9.59 Å². The first-order valence-electron chi connectivity index (χ1n) is 14.4. The van der Waals surface area contributed by atoms with Crippen LogP contribution in [-0.2, 0) is 4.79 Å². The number of ketones is 1. The van der Waals surface area contributed by atoms with E-state index >= 15 is 0 Å². The van der Waals surface area contributed by atoms with Gasteiger partial charge in [0.1, 0.15) is 11.6 Å². The lowest BCUT2D eigenvalue weighted by molar-refractivity contribution is -0.141. The highest BCUT2D eigenvalue weighted by atomic mass is 19.1. The number of aromatic hydroxyl groups is 1. The van der Waals surface area contributed by atoms with E-state index in [4.69, 9.17) is 0 Å². The molecular formula is C32H44FN3O3. The number of rotatable bonds is 9. The van der Waals surface area contributed by atoms with E-state index in [0.717, 1.165) is 44.3 Å². The van der Waals surface area contributed by atoms with Crippen molar-refractivity contribution in [1.29, 1.82) is 0 Å². The molecule has 1 N–H and O–H groups in total. The Balaban J connectivity index is 1.77. The van der Waals surface area contributed by atoms with Crippen LogP contribution in [0.4, 0.5) is 4.39 Å². The predicted octanol–water partition coefficient (Wildman–Crippen LogP) is 5.10. The molecule has 2 fully saturated rings. The molecule has 0 radical (unpaired) electrons. The van der Waals surface area contributed by atoms with E-state index in [1.807, 2.05) is 11.0 Å². The Hall–Kier alpha value is -2.77. The largest absolute Gasteiger partial charge is 0.508 e. The number of phenolic OH excluding ortho intramolecular Hbond substituents is 1. The third-order valence-electron chi connectivity index (χ3n) is 8.77. The second-order valence-electron chi connectivity index (χ2n) is 11.9. The van der Waals surface area contributed by atoms with E-state index in [0.29, 0.717) is 24.2 Å². The molecule has 2 aromatic carbocycles. The summed E-state index contributed by atoms with van der Waals surface area (Å²) in [4.78, 5) is 35.0. The number of likely N-dealkylation sites (tertiary alicyclic amines) is 2. The lowest BCUT2D eigenvalue weighted by Gasteiger charge is -2.45. The van der Waals surface area contributed by atoms with Crippen molar-refractivity contribution >= 4 is 11.7 Å². The number of hydrogen-bond donors (Lipinski definition) is 1. The van der Waals surface area contributed by atoms with Gasteiger partial charge in [-0.1, -0.05) is 24.3 Å². The number of benzene rings is 2. The Morgan fingerprint density at radius 1 is 1.00 bits per heavy atom. The van der Waals surface area contributed by atoms with Crippen molar-refractivity contribution in [1.82, 2.24) is 14.7 Å². The fourth-order valence-corrected chi connectivity index (χ4v) is 6.68. The lowest BCUT2D eigenvalue weighted by atomic mass is 9.69. The molecule has 2 aliphatic rings. The first-order chi connectivity index (χ1) is 18.6. The molecule has 39 heavy (non-hydrogen) atoms. The number of phenols is 1. The van der Waals surface area contributed by atoms with Gasteiger partial charge in [0.05, 0.1) is 5.92 Å². The maximum Gasteiger partial charge on any atom is 0.228 e. The summed E-state index contributed by atoms with van der Waals surface area (Å²) >= 11 is 0. The minimum atomic E-state index is -0.544. The van der Waals surface area contributed by atoms with Crippen LogP contribution >= 0.6 is 0 Å². The van der Waals surface area contributed by atoms with E-state index in [-0.39, 0.29) is 35.3 Å². The summed E-state index contributed by atoms with van der Waals surface area (Å²) in [7, 11) is 4.12. The van der Waals surface area contributed by atoms with Crippen LogP contribution in [0.15, 0.2) is 42.5 Å². The molecule has 4 rings (SSSR count). The van der Waals surface area contributed by atoms with Gasteiger partial charge < -0.3 is 19.8 Å². The van der Waals surface area contributed by atoms with Crippen LogP contribution < -0.4 is 0 Å². The highest BCUT2D eigenvalue weighted by Crippen LogP contribution is 2.43. The molecule has 0 saturated carbocycles. The Morgan fingerprint density at radius 3 is 2.33 bits per heavy atom. The first-order valence-corrected chi connectivity index (χ1v) is 14.4. The van der Waals surface area contributed by atoms with E-state index in [9.17, 15) is 19.1 Å². The minimum absolute atomic E-state index is 0.0306. The third kappa shape index (κ3) is 6.52. The molecule has 2 heterocycles. The van der Waals surface area contributed by atoms with Gasteiger partial charge in [-0.2, -0.15) is 0 Å². The molecule has 6 nitrogen and oxygen atoms in total. The van der Waals surface area contributed by atoms with Crippen molar-refractivity contribution in [3.05, 3.63) is 65.0 Å². The fourth-order valence-electron chi connectivity index (χ4n) is 6.68. The van der Waals surface area contributed by atoms with E-state index < -0.39 is 17.8 Å². The first kappa shape index (κ1) is 29.2. The lowest BCUT2D eigenvalue weighted by Crippen LogP contribution is -2.55. The standard InChI is InChI=1S/C32H44FN3O3/c1-21-14-15-22(2)36(21)32(39)28-20-35(17-7-6-16-34(4)5)19-27(31(38)24-10-8-11-25(37)18-24)30(28)26-12-9-13-29(33)23(26)3/h8-13,18,21-22,27-28,30,37H,6-7,14-17,19-20H2,1-5H3/t21-,22+,27-,28+,30+/m0/s1. The Morgan fingerprint density at radius 2 is 1.67 bits per heavy atom. The van der Waals surface area contributed by atoms with Crippen LogP contribution in [0, 0.1) is 24.6 Å². The topological polar surface area (TPSA) is 64.1 Å².